The van der Waals surface area contributed by atoms with E-state index in [1.54, 1.807) is 7.11 Å². The highest BCUT2D eigenvalue weighted by molar-refractivity contribution is 5.97. The molecule has 2 atom stereocenters. The van der Waals surface area contributed by atoms with Crippen molar-refractivity contribution in [2.24, 2.45) is 0 Å². The number of pyridine rings is 1. The molecule has 0 bridgehead atoms. The van der Waals surface area contributed by atoms with Gasteiger partial charge in [-0.05, 0) is 87.9 Å². The third-order valence-corrected chi connectivity index (χ3v) is 7.65. The van der Waals surface area contributed by atoms with Gasteiger partial charge in [-0.3, -0.25) is 9.78 Å². The first kappa shape index (κ1) is 25.2. The Morgan fingerprint density at radius 3 is 2.57 bits per heavy atom. The maximum Gasteiger partial charge on any atom is 0.257 e. The van der Waals surface area contributed by atoms with E-state index in [0.29, 0.717) is 30.3 Å². The summed E-state index contributed by atoms with van der Waals surface area (Å²) in [4.78, 5) is 32.5. The number of amides is 1. The maximum absolute atomic E-state index is 13.5. The molecule has 4 heterocycles. The number of likely N-dealkylation sites (tertiary alicyclic amines) is 1. The molecule has 7 heteroatoms. The molecule has 7 nitrogen and oxygen atoms in total. The van der Waals surface area contributed by atoms with Crippen LogP contribution in [0.15, 0.2) is 42.6 Å². The van der Waals surface area contributed by atoms with E-state index in [4.69, 9.17) is 14.7 Å². The summed E-state index contributed by atoms with van der Waals surface area (Å²) < 4.78 is 5.53. The summed E-state index contributed by atoms with van der Waals surface area (Å²) >= 11 is 0. The van der Waals surface area contributed by atoms with Crippen LogP contribution < -0.4 is 9.64 Å². The number of hydrogen-bond donors (Lipinski definition) is 0. The van der Waals surface area contributed by atoms with E-state index < -0.39 is 0 Å². The molecule has 5 rings (SSSR count). The Hall–Kier alpha value is -3.48. The van der Waals surface area contributed by atoms with Crippen molar-refractivity contribution < 1.29 is 9.53 Å². The second kappa shape index (κ2) is 10.9. The molecule has 2 aromatic heterocycles. The van der Waals surface area contributed by atoms with Crippen LogP contribution in [0.1, 0.15) is 77.1 Å². The molecular formula is C30H37N5O2. The molecule has 2 aliphatic rings. The SMILES string of the molecule is COc1cc(C)ccc1C(=O)N1CCCC(c2cc(Cc3cc(C)ccn3)nc(N3CCCC3C)n2)C1. The van der Waals surface area contributed by atoms with Gasteiger partial charge in [0, 0.05) is 49.9 Å². The molecule has 194 valence electrons. The fourth-order valence-electron chi connectivity index (χ4n) is 5.59. The van der Waals surface area contributed by atoms with Gasteiger partial charge >= 0.3 is 0 Å². The number of ether oxygens (including phenoxy) is 1. The number of benzene rings is 1. The monoisotopic (exact) mass is 499 g/mol. The number of aromatic nitrogens is 3. The quantitative estimate of drug-likeness (QED) is 0.470. The highest BCUT2D eigenvalue weighted by Gasteiger charge is 2.30. The summed E-state index contributed by atoms with van der Waals surface area (Å²) in [5, 5.41) is 0. The maximum atomic E-state index is 13.5. The largest absolute Gasteiger partial charge is 0.496 e. The van der Waals surface area contributed by atoms with Gasteiger partial charge in [0.25, 0.3) is 5.91 Å². The number of carbonyl (C=O) groups excluding carboxylic acids is 1. The zero-order valence-electron chi connectivity index (χ0n) is 22.4. The average molecular weight is 500 g/mol. The molecule has 0 spiro atoms. The van der Waals surface area contributed by atoms with Gasteiger partial charge in [0.2, 0.25) is 5.95 Å². The fourth-order valence-corrected chi connectivity index (χ4v) is 5.59. The van der Waals surface area contributed by atoms with Crippen molar-refractivity contribution in [1.29, 1.82) is 0 Å². The zero-order chi connectivity index (χ0) is 25.9. The normalized spacial score (nSPS) is 19.8. The Bertz CT molecular complexity index is 1280. The van der Waals surface area contributed by atoms with Crippen LogP contribution in [0.4, 0.5) is 5.95 Å². The Labute approximate surface area is 219 Å². The van der Waals surface area contributed by atoms with Crippen molar-refractivity contribution in [3.8, 4) is 5.75 Å². The van der Waals surface area contributed by atoms with Crippen molar-refractivity contribution in [1.82, 2.24) is 19.9 Å². The lowest BCUT2D eigenvalue weighted by molar-refractivity contribution is 0.0702. The predicted octanol–water partition coefficient (Wildman–Crippen LogP) is 5.10. The van der Waals surface area contributed by atoms with Crippen LogP contribution in [0.25, 0.3) is 0 Å². The highest BCUT2D eigenvalue weighted by Crippen LogP contribution is 2.31. The van der Waals surface area contributed by atoms with Crippen LogP contribution in [-0.4, -0.2) is 58.5 Å². The molecule has 1 aromatic carbocycles. The molecule has 2 aliphatic heterocycles. The smallest absolute Gasteiger partial charge is 0.257 e. The Morgan fingerprint density at radius 2 is 1.81 bits per heavy atom. The summed E-state index contributed by atoms with van der Waals surface area (Å²) in [5.41, 5.74) is 5.91. The predicted molar refractivity (Wildman–Crippen MR) is 145 cm³/mol. The molecule has 0 aliphatic carbocycles. The van der Waals surface area contributed by atoms with Crippen LogP contribution >= 0.6 is 0 Å². The van der Waals surface area contributed by atoms with Crippen LogP contribution in [0.5, 0.6) is 5.75 Å². The van der Waals surface area contributed by atoms with Gasteiger partial charge in [-0.1, -0.05) is 6.07 Å². The van der Waals surface area contributed by atoms with Gasteiger partial charge in [0.05, 0.1) is 24.1 Å². The number of hydrogen-bond acceptors (Lipinski definition) is 6. The molecule has 2 fully saturated rings. The first-order chi connectivity index (χ1) is 17.9. The number of aryl methyl sites for hydroxylation is 2. The number of nitrogens with zero attached hydrogens (tertiary/aromatic N) is 5. The minimum atomic E-state index is 0.0215. The van der Waals surface area contributed by atoms with E-state index >= 15 is 0 Å². The molecule has 0 saturated carbocycles. The van der Waals surface area contributed by atoms with Gasteiger partial charge in [-0.2, -0.15) is 0 Å². The second-order valence-corrected chi connectivity index (χ2v) is 10.6. The van der Waals surface area contributed by atoms with Gasteiger partial charge in [-0.25, -0.2) is 9.97 Å². The first-order valence-corrected chi connectivity index (χ1v) is 13.4. The Morgan fingerprint density at radius 1 is 1.00 bits per heavy atom. The lowest BCUT2D eigenvalue weighted by Gasteiger charge is -2.33. The van der Waals surface area contributed by atoms with Crippen molar-refractivity contribution in [3.63, 3.8) is 0 Å². The van der Waals surface area contributed by atoms with Crippen LogP contribution in [0, 0.1) is 13.8 Å². The van der Waals surface area contributed by atoms with E-state index in [-0.39, 0.29) is 11.8 Å². The molecule has 1 amide bonds. The highest BCUT2D eigenvalue weighted by atomic mass is 16.5. The minimum absolute atomic E-state index is 0.0215. The summed E-state index contributed by atoms with van der Waals surface area (Å²) in [6, 6.07) is 12.5. The van der Waals surface area contributed by atoms with E-state index in [1.807, 2.05) is 42.3 Å². The van der Waals surface area contributed by atoms with Crippen molar-refractivity contribution in [3.05, 3.63) is 76.4 Å². The van der Waals surface area contributed by atoms with E-state index in [1.165, 1.54) is 5.56 Å². The summed E-state index contributed by atoms with van der Waals surface area (Å²) in [7, 11) is 1.62. The molecule has 3 aromatic rings. The molecule has 37 heavy (non-hydrogen) atoms. The number of rotatable bonds is 6. The molecule has 0 radical (unpaired) electrons. The van der Waals surface area contributed by atoms with E-state index in [2.05, 4.69) is 35.9 Å². The first-order valence-electron chi connectivity index (χ1n) is 13.4. The van der Waals surface area contributed by atoms with Gasteiger partial charge in [0.15, 0.2) is 0 Å². The summed E-state index contributed by atoms with van der Waals surface area (Å²) in [6.07, 6.45) is 6.80. The van der Waals surface area contributed by atoms with Gasteiger partial charge in [0.1, 0.15) is 5.75 Å². The Kier molecular flexibility index (Phi) is 7.40. The minimum Gasteiger partial charge on any atom is -0.496 e. The summed E-state index contributed by atoms with van der Waals surface area (Å²) in [5.74, 6) is 1.63. The lowest BCUT2D eigenvalue weighted by Crippen LogP contribution is -2.39. The topological polar surface area (TPSA) is 71.5 Å². The van der Waals surface area contributed by atoms with Crippen LogP contribution in [0.3, 0.4) is 0 Å². The zero-order valence-corrected chi connectivity index (χ0v) is 22.4. The fraction of sp³-hybridized carbons (Fsp3) is 0.467. The number of anilines is 1. The van der Waals surface area contributed by atoms with Crippen LogP contribution in [-0.2, 0) is 6.42 Å². The number of piperidine rings is 1. The second-order valence-electron chi connectivity index (χ2n) is 10.6. The molecule has 2 saturated heterocycles. The van der Waals surface area contributed by atoms with Crippen LogP contribution in [0.2, 0.25) is 0 Å². The van der Waals surface area contributed by atoms with Gasteiger partial charge < -0.3 is 14.5 Å². The summed E-state index contributed by atoms with van der Waals surface area (Å²) in [6.45, 7) is 8.71. The number of carbonyl (C=O) groups is 1. The molecule has 0 N–H and O–H groups in total. The van der Waals surface area contributed by atoms with E-state index in [0.717, 1.165) is 67.4 Å². The van der Waals surface area contributed by atoms with Crippen molar-refractivity contribution in [2.75, 3.05) is 31.6 Å². The molecule has 2 unspecified atom stereocenters. The lowest BCUT2D eigenvalue weighted by atomic mass is 9.93. The third-order valence-electron chi connectivity index (χ3n) is 7.65. The Balaban J connectivity index is 1.44. The third kappa shape index (κ3) is 5.60. The average Bonchev–Trinajstić information content (AvgIpc) is 3.34. The van der Waals surface area contributed by atoms with Gasteiger partial charge in [-0.15, -0.1) is 0 Å². The molecular weight excluding hydrogens is 462 g/mol. The van der Waals surface area contributed by atoms with Crippen molar-refractivity contribution >= 4 is 11.9 Å². The van der Waals surface area contributed by atoms with E-state index in [9.17, 15) is 4.79 Å². The standard InChI is InChI=1S/C30H37N5O2/c1-20-9-10-26(28(16-20)37-4)29(36)34-13-6-8-23(19-34)27-18-25(17-24-15-21(2)11-12-31-24)32-30(33-27)35-14-5-7-22(35)3/h9-12,15-16,18,22-23H,5-8,13-14,17,19H2,1-4H3. The number of methoxy groups -OCH3 is 1. The van der Waals surface area contributed by atoms with Crippen molar-refractivity contribution in [2.45, 2.75) is 64.8 Å².